The molecular weight excluding hydrogens is 506 g/mol. The van der Waals surface area contributed by atoms with Crippen LogP contribution in [0.3, 0.4) is 0 Å². The summed E-state index contributed by atoms with van der Waals surface area (Å²) in [6, 6.07) is 10.6. The van der Waals surface area contributed by atoms with Gasteiger partial charge in [-0.05, 0) is 29.5 Å². The Bertz CT molecular complexity index is 1240. The number of carboxylic acid groups (broad SMARTS) is 1. The average molecular weight is 545 g/mol. The molecule has 2 aromatic carbocycles. The molecule has 39 heavy (non-hydrogen) atoms. The fourth-order valence-electron chi connectivity index (χ4n) is 4.31. The van der Waals surface area contributed by atoms with Crippen LogP contribution in [0.25, 0.3) is 5.69 Å². The van der Waals surface area contributed by atoms with E-state index in [1.807, 2.05) is 65.0 Å². The SMILES string of the molecule is CC.CC(C)(C)C(c1nn(-c2cc(F)ccc2F)cc1Cc1ccccc1)N(CCC(N)C(=O)O)C(=O)CO. The maximum Gasteiger partial charge on any atom is 0.320 e. The molecule has 3 rings (SSSR count). The highest BCUT2D eigenvalue weighted by atomic mass is 19.1. The average Bonchev–Trinajstić information content (AvgIpc) is 3.30. The van der Waals surface area contributed by atoms with Crippen LogP contribution in [0, 0.1) is 17.0 Å². The highest BCUT2D eigenvalue weighted by molar-refractivity contribution is 5.78. The number of aliphatic carboxylic acids is 1. The summed E-state index contributed by atoms with van der Waals surface area (Å²) >= 11 is 0. The van der Waals surface area contributed by atoms with E-state index in [0.29, 0.717) is 17.7 Å². The molecule has 0 spiro atoms. The highest BCUT2D eigenvalue weighted by Crippen LogP contribution is 2.40. The second kappa shape index (κ2) is 14.0. The molecule has 1 amide bonds. The second-order valence-electron chi connectivity index (χ2n) is 9.99. The molecule has 0 aliphatic carbocycles. The van der Waals surface area contributed by atoms with E-state index in [1.54, 1.807) is 6.20 Å². The van der Waals surface area contributed by atoms with E-state index in [4.69, 9.17) is 5.73 Å². The van der Waals surface area contributed by atoms with Gasteiger partial charge in [-0.15, -0.1) is 0 Å². The van der Waals surface area contributed by atoms with Gasteiger partial charge >= 0.3 is 5.97 Å². The standard InChI is InChI=1S/C27H32F2N4O4.C2H6/c1-27(2,3)25(32(23(35)16-34)12-11-21(30)26(36)37)24-18(13-17-7-5-4-6-8-17)15-33(31-24)22-14-19(28)9-10-20(22)29;1-2/h4-10,14-15,21,25,34H,11-13,16,30H2,1-3H3,(H,36,37);1-2H3. The Balaban J connectivity index is 0.00000260. The van der Waals surface area contributed by atoms with E-state index >= 15 is 0 Å². The Labute approximate surface area is 228 Å². The van der Waals surface area contributed by atoms with Crippen molar-refractivity contribution in [2.45, 2.75) is 59.5 Å². The van der Waals surface area contributed by atoms with E-state index in [2.05, 4.69) is 5.10 Å². The van der Waals surface area contributed by atoms with Gasteiger partial charge in [-0.3, -0.25) is 9.59 Å². The lowest BCUT2D eigenvalue weighted by atomic mass is 9.81. The quantitative estimate of drug-likeness (QED) is 0.346. The van der Waals surface area contributed by atoms with Crippen LogP contribution in [0.2, 0.25) is 0 Å². The number of nitrogens with two attached hydrogens (primary N) is 1. The van der Waals surface area contributed by atoms with Crippen molar-refractivity contribution in [3.05, 3.63) is 83.2 Å². The van der Waals surface area contributed by atoms with Gasteiger partial charge in [-0.2, -0.15) is 5.10 Å². The first-order valence-corrected chi connectivity index (χ1v) is 12.9. The second-order valence-corrected chi connectivity index (χ2v) is 9.99. The molecule has 0 fully saturated rings. The van der Waals surface area contributed by atoms with Gasteiger partial charge in [-0.1, -0.05) is 65.0 Å². The number of hydrogen-bond acceptors (Lipinski definition) is 5. The van der Waals surface area contributed by atoms with Gasteiger partial charge in [0.15, 0.2) is 0 Å². The van der Waals surface area contributed by atoms with Crippen LogP contribution < -0.4 is 5.73 Å². The molecule has 2 atom stereocenters. The van der Waals surface area contributed by atoms with Crippen LogP contribution >= 0.6 is 0 Å². The lowest BCUT2D eigenvalue weighted by Gasteiger charge is -2.40. The van der Waals surface area contributed by atoms with Crippen molar-refractivity contribution in [1.29, 1.82) is 0 Å². The number of halogens is 2. The summed E-state index contributed by atoms with van der Waals surface area (Å²) in [5.41, 5.74) is 6.97. The van der Waals surface area contributed by atoms with Crippen molar-refractivity contribution in [2.24, 2.45) is 11.1 Å². The van der Waals surface area contributed by atoms with E-state index in [0.717, 1.165) is 23.8 Å². The minimum absolute atomic E-state index is 0.0547. The van der Waals surface area contributed by atoms with Crippen molar-refractivity contribution in [3.63, 3.8) is 0 Å². The maximum absolute atomic E-state index is 14.7. The van der Waals surface area contributed by atoms with Crippen molar-refractivity contribution in [2.75, 3.05) is 13.2 Å². The number of aliphatic hydroxyl groups excluding tert-OH is 1. The number of benzene rings is 2. The van der Waals surface area contributed by atoms with Crippen LogP contribution in [-0.4, -0.2) is 56.0 Å². The summed E-state index contributed by atoms with van der Waals surface area (Å²) in [5, 5.41) is 23.6. The first-order valence-electron chi connectivity index (χ1n) is 12.9. The van der Waals surface area contributed by atoms with E-state index in [9.17, 15) is 28.6 Å². The molecule has 1 heterocycles. The number of nitrogens with zero attached hydrogens (tertiary/aromatic N) is 3. The molecule has 4 N–H and O–H groups in total. The van der Waals surface area contributed by atoms with E-state index in [1.165, 1.54) is 9.58 Å². The Morgan fingerprint density at radius 1 is 1.10 bits per heavy atom. The zero-order chi connectivity index (χ0) is 29.3. The smallest absolute Gasteiger partial charge is 0.320 e. The number of aromatic nitrogens is 2. The Kier molecular flexibility index (Phi) is 11.3. The number of amides is 1. The molecule has 212 valence electrons. The predicted molar refractivity (Wildman–Crippen MR) is 145 cm³/mol. The first-order chi connectivity index (χ1) is 18.4. The molecule has 0 bridgehead atoms. The van der Waals surface area contributed by atoms with Crippen LogP contribution in [0.4, 0.5) is 8.78 Å². The van der Waals surface area contributed by atoms with E-state index in [-0.39, 0.29) is 18.7 Å². The molecular formula is C29H38F2N4O4. The van der Waals surface area contributed by atoms with Gasteiger partial charge < -0.3 is 20.8 Å². The van der Waals surface area contributed by atoms with Gasteiger partial charge in [-0.25, -0.2) is 13.5 Å². The largest absolute Gasteiger partial charge is 0.480 e. The number of rotatable bonds is 10. The minimum atomic E-state index is -1.21. The lowest BCUT2D eigenvalue weighted by molar-refractivity contribution is -0.142. The monoisotopic (exact) mass is 544 g/mol. The van der Waals surface area contributed by atoms with Crippen LogP contribution in [0.15, 0.2) is 54.7 Å². The summed E-state index contributed by atoms with van der Waals surface area (Å²) < 4.78 is 29.9. The summed E-state index contributed by atoms with van der Waals surface area (Å²) in [7, 11) is 0. The summed E-state index contributed by atoms with van der Waals surface area (Å²) in [4.78, 5) is 25.6. The third-order valence-electron chi connectivity index (χ3n) is 6.06. The Morgan fingerprint density at radius 2 is 1.74 bits per heavy atom. The van der Waals surface area contributed by atoms with Gasteiger partial charge in [0.05, 0.1) is 11.7 Å². The molecule has 8 nitrogen and oxygen atoms in total. The molecule has 0 radical (unpaired) electrons. The summed E-state index contributed by atoms with van der Waals surface area (Å²) in [6.45, 7) is 8.77. The zero-order valence-corrected chi connectivity index (χ0v) is 23.1. The topological polar surface area (TPSA) is 122 Å². The van der Waals surface area contributed by atoms with Crippen LogP contribution in [-0.2, 0) is 16.0 Å². The van der Waals surface area contributed by atoms with Crippen LogP contribution in [0.5, 0.6) is 0 Å². The van der Waals surface area contributed by atoms with Gasteiger partial charge in [0.25, 0.3) is 0 Å². The number of aliphatic hydroxyl groups is 1. The number of carbonyl (C=O) groups excluding carboxylic acids is 1. The molecule has 0 aliphatic heterocycles. The molecule has 1 aromatic heterocycles. The summed E-state index contributed by atoms with van der Waals surface area (Å²) in [5.74, 6) is -3.15. The Morgan fingerprint density at radius 3 is 2.31 bits per heavy atom. The number of hydrogen-bond donors (Lipinski definition) is 3. The molecule has 0 saturated heterocycles. The van der Waals surface area contributed by atoms with Crippen molar-refractivity contribution in [1.82, 2.24) is 14.7 Å². The molecule has 10 heteroatoms. The summed E-state index contributed by atoms with van der Waals surface area (Å²) in [6.07, 6.45) is 1.93. The minimum Gasteiger partial charge on any atom is -0.480 e. The lowest BCUT2D eigenvalue weighted by Crippen LogP contribution is -2.45. The number of carboxylic acids is 1. The molecule has 0 saturated carbocycles. The zero-order valence-electron chi connectivity index (χ0n) is 23.1. The first kappa shape index (κ1) is 31.6. The number of carbonyl (C=O) groups is 2. The van der Waals surface area contributed by atoms with Crippen molar-refractivity contribution < 1.29 is 28.6 Å². The predicted octanol–water partition coefficient (Wildman–Crippen LogP) is 4.48. The Hall–Kier alpha value is -3.63. The molecule has 0 aliphatic rings. The van der Waals surface area contributed by atoms with Gasteiger partial charge in [0, 0.05) is 30.8 Å². The van der Waals surface area contributed by atoms with Gasteiger partial charge in [0.2, 0.25) is 5.91 Å². The fraction of sp³-hybridized carbons (Fsp3) is 0.414. The van der Waals surface area contributed by atoms with Gasteiger partial charge in [0.1, 0.15) is 30.0 Å². The van der Waals surface area contributed by atoms with Crippen molar-refractivity contribution in [3.8, 4) is 5.69 Å². The molecule has 2 unspecified atom stereocenters. The van der Waals surface area contributed by atoms with Crippen molar-refractivity contribution >= 4 is 11.9 Å². The third kappa shape index (κ3) is 8.18. The normalized spacial score (nSPS) is 12.7. The van der Waals surface area contributed by atoms with Crippen LogP contribution in [0.1, 0.15) is 63.9 Å². The molecule has 3 aromatic rings. The maximum atomic E-state index is 14.7. The highest BCUT2D eigenvalue weighted by Gasteiger charge is 2.38. The van der Waals surface area contributed by atoms with E-state index < -0.39 is 47.6 Å². The fourth-order valence-corrected chi connectivity index (χ4v) is 4.31. The third-order valence-corrected chi connectivity index (χ3v) is 6.06.